The van der Waals surface area contributed by atoms with E-state index in [9.17, 15) is 9.59 Å². The van der Waals surface area contributed by atoms with Crippen LogP contribution in [-0.4, -0.2) is 38.4 Å². The lowest BCUT2D eigenvalue weighted by atomic mass is 10.1. The standard InChI is InChI=1S/C17H32O5/c1-4-5-6-7-8-11-21-16(18)13-20-14-17(19)22-12-9-10-15(2)3/h15H,4-14H2,1-3H3. The van der Waals surface area contributed by atoms with Crippen LogP contribution < -0.4 is 0 Å². The van der Waals surface area contributed by atoms with E-state index in [0.29, 0.717) is 19.1 Å². The van der Waals surface area contributed by atoms with Crippen molar-refractivity contribution in [3.63, 3.8) is 0 Å². The van der Waals surface area contributed by atoms with E-state index < -0.39 is 11.9 Å². The van der Waals surface area contributed by atoms with Gasteiger partial charge in [0.2, 0.25) is 0 Å². The number of carbonyl (C=O) groups excluding carboxylic acids is 2. The van der Waals surface area contributed by atoms with Gasteiger partial charge in [-0.1, -0.05) is 46.5 Å². The Morgan fingerprint density at radius 2 is 1.36 bits per heavy atom. The zero-order chi connectivity index (χ0) is 16.6. The SMILES string of the molecule is CCCCCCCOC(=O)COCC(=O)OCCCC(C)C. The van der Waals surface area contributed by atoms with Crippen molar-refractivity contribution in [3.8, 4) is 0 Å². The fourth-order valence-corrected chi connectivity index (χ4v) is 1.87. The first-order valence-electron chi connectivity index (χ1n) is 8.45. The highest BCUT2D eigenvalue weighted by Gasteiger charge is 2.07. The zero-order valence-corrected chi connectivity index (χ0v) is 14.4. The minimum atomic E-state index is -0.434. The largest absolute Gasteiger partial charge is 0.464 e. The molecule has 0 bridgehead atoms. The van der Waals surface area contributed by atoms with E-state index in [2.05, 4.69) is 20.8 Å². The van der Waals surface area contributed by atoms with Crippen molar-refractivity contribution in [1.82, 2.24) is 0 Å². The number of unbranched alkanes of at least 4 members (excludes halogenated alkanes) is 4. The van der Waals surface area contributed by atoms with Crippen molar-refractivity contribution < 1.29 is 23.8 Å². The monoisotopic (exact) mass is 316 g/mol. The second-order valence-corrected chi connectivity index (χ2v) is 5.88. The number of hydrogen-bond donors (Lipinski definition) is 0. The molecule has 0 fully saturated rings. The number of ether oxygens (including phenoxy) is 3. The van der Waals surface area contributed by atoms with Crippen molar-refractivity contribution >= 4 is 11.9 Å². The highest BCUT2D eigenvalue weighted by Crippen LogP contribution is 2.03. The molecule has 0 aliphatic carbocycles. The Balaban J connectivity index is 3.37. The molecule has 0 N–H and O–H groups in total. The van der Waals surface area contributed by atoms with Crippen molar-refractivity contribution in [3.05, 3.63) is 0 Å². The van der Waals surface area contributed by atoms with Gasteiger partial charge < -0.3 is 14.2 Å². The maximum absolute atomic E-state index is 11.3. The molecule has 0 saturated carbocycles. The fraction of sp³-hybridized carbons (Fsp3) is 0.882. The summed E-state index contributed by atoms with van der Waals surface area (Å²) in [5, 5.41) is 0. The Hall–Kier alpha value is -1.10. The van der Waals surface area contributed by atoms with Crippen LogP contribution in [0.4, 0.5) is 0 Å². The first-order chi connectivity index (χ1) is 10.6. The van der Waals surface area contributed by atoms with Crippen LogP contribution in [0.25, 0.3) is 0 Å². The quantitative estimate of drug-likeness (QED) is 0.362. The maximum atomic E-state index is 11.3. The maximum Gasteiger partial charge on any atom is 0.332 e. The molecule has 130 valence electrons. The van der Waals surface area contributed by atoms with Gasteiger partial charge in [0.25, 0.3) is 0 Å². The van der Waals surface area contributed by atoms with Gasteiger partial charge in [0.15, 0.2) is 0 Å². The van der Waals surface area contributed by atoms with Crippen LogP contribution in [0, 0.1) is 5.92 Å². The summed E-state index contributed by atoms with van der Waals surface area (Å²) < 4.78 is 15.0. The summed E-state index contributed by atoms with van der Waals surface area (Å²) in [7, 11) is 0. The summed E-state index contributed by atoms with van der Waals surface area (Å²) in [6, 6.07) is 0. The summed E-state index contributed by atoms with van der Waals surface area (Å²) in [6.45, 7) is 6.84. The van der Waals surface area contributed by atoms with E-state index in [1.165, 1.54) is 19.3 Å². The molecule has 0 spiro atoms. The highest BCUT2D eigenvalue weighted by atomic mass is 16.6. The van der Waals surface area contributed by atoms with Crippen LogP contribution in [0.2, 0.25) is 0 Å². The Bertz CT molecular complexity index is 289. The van der Waals surface area contributed by atoms with E-state index in [1.54, 1.807) is 0 Å². The smallest absolute Gasteiger partial charge is 0.332 e. The van der Waals surface area contributed by atoms with Gasteiger partial charge in [-0.3, -0.25) is 0 Å². The van der Waals surface area contributed by atoms with Gasteiger partial charge in [0.1, 0.15) is 13.2 Å². The first-order valence-corrected chi connectivity index (χ1v) is 8.45. The predicted molar refractivity (Wildman–Crippen MR) is 85.6 cm³/mol. The molecule has 0 radical (unpaired) electrons. The second-order valence-electron chi connectivity index (χ2n) is 5.88. The summed E-state index contributed by atoms with van der Waals surface area (Å²) in [5.74, 6) is -0.258. The second kappa shape index (κ2) is 14.8. The summed E-state index contributed by atoms with van der Waals surface area (Å²) in [6.07, 6.45) is 7.42. The van der Waals surface area contributed by atoms with Gasteiger partial charge in [-0.2, -0.15) is 0 Å². The molecule has 0 amide bonds. The molecule has 0 rings (SSSR count). The molecular formula is C17H32O5. The van der Waals surface area contributed by atoms with Gasteiger partial charge >= 0.3 is 11.9 Å². The van der Waals surface area contributed by atoms with E-state index in [4.69, 9.17) is 14.2 Å². The lowest BCUT2D eigenvalue weighted by molar-refractivity contribution is -0.155. The lowest BCUT2D eigenvalue weighted by Gasteiger charge is -2.07. The van der Waals surface area contributed by atoms with Crippen molar-refractivity contribution in [2.45, 2.75) is 65.7 Å². The average Bonchev–Trinajstić information content (AvgIpc) is 2.47. The molecule has 22 heavy (non-hydrogen) atoms. The van der Waals surface area contributed by atoms with E-state index >= 15 is 0 Å². The van der Waals surface area contributed by atoms with Gasteiger partial charge in [-0.25, -0.2) is 9.59 Å². The Kier molecular flexibility index (Phi) is 14.1. The van der Waals surface area contributed by atoms with Gasteiger partial charge in [0.05, 0.1) is 13.2 Å². The lowest BCUT2D eigenvalue weighted by Crippen LogP contribution is -2.19. The molecule has 0 aromatic carbocycles. The molecule has 0 aromatic heterocycles. The number of rotatable bonds is 14. The van der Waals surface area contributed by atoms with Gasteiger partial charge in [-0.15, -0.1) is 0 Å². The van der Waals surface area contributed by atoms with Crippen molar-refractivity contribution in [1.29, 1.82) is 0 Å². The molecule has 5 heteroatoms. The van der Waals surface area contributed by atoms with E-state index in [-0.39, 0.29) is 13.2 Å². The van der Waals surface area contributed by atoms with E-state index in [1.807, 2.05) is 0 Å². The predicted octanol–water partition coefficient (Wildman–Crippen LogP) is 3.50. The molecule has 0 aromatic rings. The minimum Gasteiger partial charge on any atom is -0.464 e. The molecule has 0 unspecified atom stereocenters. The number of esters is 2. The third-order valence-corrected chi connectivity index (χ3v) is 3.14. The fourth-order valence-electron chi connectivity index (χ4n) is 1.87. The molecule has 5 nitrogen and oxygen atoms in total. The van der Waals surface area contributed by atoms with Crippen LogP contribution in [0.5, 0.6) is 0 Å². The number of hydrogen-bond acceptors (Lipinski definition) is 5. The average molecular weight is 316 g/mol. The summed E-state index contributed by atoms with van der Waals surface area (Å²) in [5.41, 5.74) is 0. The molecule has 0 aliphatic heterocycles. The third kappa shape index (κ3) is 15.3. The molecule has 0 saturated heterocycles. The Morgan fingerprint density at radius 3 is 1.91 bits per heavy atom. The Morgan fingerprint density at radius 1 is 0.818 bits per heavy atom. The van der Waals surface area contributed by atoms with Crippen molar-refractivity contribution in [2.24, 2.45) is 5.92 Å². The van der Waals surface area contributed by atoms with Crippen LogP contribution in [0.1, 0.15) is 65.7 Å². The summed E-state index contributed by atoms with van der Waals surface area (Å²) in [4.78, 5) is 22.7. The van der Waals surface area contributed by atoms with Gasteiger partial charge in [0, 0.05) is 0 Å². The van der Waals surface area contributed by atoms with Crippen LogP contribution in [0.3, 0.4) is 0 Å². The van der Waals surface area contributed by atoms with Crippen molar-refractivity contribution in [2.75, 3.05) is 26.4 Å². The molecule has 0 atom stereocenters. The highest BCUT2D eigenvalue weighted by molar-refractivity contribution is 5.73. The zero-order valence-electron chi connectivity index (χ0n) is 14.4. The Labute approximate surface area is 134 Å². The number of carbonyl (C=O) groups is 2. The molecular weight excluding hydrogens is 284 g/mol. The topological polar surface area (TPSA) is 61.8 Å². The van der Waals surface area contributed by atoms with E-state index in [0.717, 1.165) is 25.7 Å². The van der Waals surface area contributed by atoms with Crippen LogP contribution in [-0.2, 0) is 23.8 Å². The van der Waals surface area contributed by atoms with Crippen LogP contribution in [0.15, 0.2) is 0 Å². The normalized spacial score (nSPS) is 10.7. The molecule has 0 heterocycles. The minimum absolute atomic E-state index is 0.198. The third-order valence-electron chi connectivity index (χ3n) is 3.14. The van der Waals surface area contributed by atoms with Crippen LogP contribution >= 0.6 is 0 Å². The molecule has 0 aliphatic rings. The summed E-state index contributed by atoms with van der Waals surface area (Å²) >= 11 is 0. The first kappa shape index (κ1) is 20.9. The van der Waals surface area contributed by atoms with Gasteiger partial charge in [-0.05, 0) is 25.2 Å².